The molecule has 0 spiro atoms. The Bertz CT molecular complexity index is 783. The van der Waals surface area contributed by atoms with Crippen LogP contribution in [-0.4, -0.2) is 62.3 Å². The zero-order valence-electron chi connectivity index (χ0n) is 15.1. The lowest BCUT2D eigenvalue weighted by Crippen LogP contribution is -2.48. The quantitative estimate of drug-likeness (QED) is 0.338. The summed E-state index contributed by atoms with van der Waals surface area (Å²) in [6, 6.07) is 2.54. The molecule has 0 fully saturated rings. The molecule has 1 aliphatic rings. The average molecular weight is 399 g/mol. The Hall–Kier alpha value is -2.40. The number of anilines is 2. The monoisotopic (exact) mass is 399 g/mol. The van der Waals surface area contributed by atoms with Crippen LogP contribution < -0.4 is 20.7 Å². The van der Waals surface area contributed by atoms with Crippen molar-refractivity contribution in [2.45, 2.75) is 31.7 Å². The van der Waals surface area contributed by atoms with Gasteiger partial charge in [-0.3, -0.25) is 9.59 Å². The van der Waals surface area contributed by atoms with E-state index in [0.29, 0.717) is 13.0 Å². The topological polar surface area (TPSA) is 150 Å². The zero-order valence-corrected chi connectivity index (χ0v) is 15.9. The Kier molecular flexibility index (Phi) is 7.36. The van der Waals surface area contributed by atoms with Crippen LogP contribution in [-0.2, 0) is 26.0 Å². The van der Waals surface area contributed by atoms with Crippen molar-refractivity contribution in [3.63, 3.8) is 0 Å². The molecule has 1 aromatic heterocycles. The molecule has 10 nitrogen and oxygen atoms in total. The number of sulfonamides is 1. The van der Waals surface area contributed by atoms with Gasteiger partial charge >= 0.3 is 5.97 Å². The standard InChI is InChI=1S/C16H25N5O5S/c1-27(25,26)21-12(16(23)24)10-19-14(22)5-3-8-17-13-7-6-11-4-2-9-18-15(11)20-13/h6-7,12,21H,2-5,8-10H2,1H3,(H,19,22)(H,23,24)(H2,17,18,20). The molecule has 0 aromatic carbocycles. The minimum Gasteiger partial charge on any atom is -0.480 e. The van der Waals surface area contributed by atoms with Crippen LogP contribution in [0.15, 0.2) is 12.1 Å². The molecule has 0 saturated carbocycles. The average Bonchev–Trinajstić information content (AvgIpc) is 2.61. The molecule has 1 atom stereocenters. The van der Waals surface area contributed by atoms with Crippen molar-refractivity contribution in [2.75, 3.05) is 36.5 Å². The maximum Gasteiger partial charge on any atom is 0.323 e. The van der Waals surface area contributed by atoms with Gasteiger partial charge in [0.1, 0.15) is 17.7 Å². The Morgan fingerprint density at radius 2 is 2.15 bits per heavy atom. The molecule has 27 heavy (non-hydrogen) atoms. The predicted molar refractivity (Wildman–Crippen MR) is 101 cm³/mol. The fraction of sp³-hybridized carbons (Fsp3) is 0.562. The van der Waals surface area contributed by atoms with Crippen molar-refractivity contribution in [1.29, 1.82) is 0 Å². The molecule has 1 unspecified atom stereocenters. The summed E-state index contributed by atoms with van der Waals surface area (Å²) in [5.41, 5.74) is 1.20. The van der Waals surface area contributed by atoms with E-state index in [1.165, 1.54) is 5.56 Å². The largest absolute Gasteiger partial charge is 0.480 e. The Morgan fingerprint density at radius 1 is 1.37 bits per heavy atom. The summed E-state index contributed by atoms with van der Waals surface area (Å²) >= 11 is 0. The summed E-state index contributed by atoms with van der Waals surface area (Å²) in [7, 11) is -3.68. The number of nitrogens with one attached hydrogen (secondary N) is 4. The number of carbonyl (C=O) groups excluding carboxylic acids is 1. The summed E-state index contributed by atoms with van der Waals surface area (Å²) in [6.45, 7) is 1.13. The van der Waals surface area contributed by atoms with Gasteiger partial charge in [-0.2, -0.15) is 4.72 Å². The molecule has 1 aliphatic heterocycles. The van der Waals surface area contributed by atoms with Crippen molar-refractivity contribution in [3.8, 4) is 0 Å². The molecule has 150 valence electrons. The van der Waals surface area contributed by atoms with Gasteiger partial charge in [-0.15, -0.1) is 0 Å². The molecular formula is C16H25N5O5S. The zero-order chi connectivity index (χ0) is 19.9. The number of carboxylic acid groups (broad SMARTS) is 1. The number of aliphatic carboxylic acids is 1. The number of nitrogens with zero attached hydrogens (tertiary/aromatic N) is 1. The van der Waals surface area contributed by atoms with Gasteiger partial charge in [0.05, 0.1) is 6.26 Å². The van der Waals surface area contributed by atoms with Crippen LogP contribution in [0.25, 0.3) is 0 Å². The van der Waals surface area contributed by atoms with Crippen molar-refractivity contribution < 1.29 is 23.1 Å². The second-order valence-electron chi connectivity index (χ2n) is 6.35. The minimum atomic E-state index is -3.68. The second-order valence-corrected chi connectivity index (χ2v) is 8.13. The van der Waals surface area contributed by atoms with E-state index < -0.39 is 22.0 Å². The van der Waals surface area contributed by atoms with Crippen LogP contribution in [0.4, 0.5) is 11.6 Å². The highest BCUT2D eigenvalue weighted by Gasteiger charge is 2.21. The summed E-state index contributed by atoms with van der Waals surface area (Å²) < 4.78 is 24.2. The van der Waals surface area contributed by atoms with Crippen molar-refractivity contribution >= 4 is 33.5 Å². The molecule has 5 N–H and O–H groups in total. The molecule has 0 radical (unpaired) electrons. The number of carboxylic acids is 1. The van der Waals surface area contributed by atoms with Crippen molar-refractivity contribution in [2.24, 2.45) is 0 Å². The van der Waals surface area contributed by atoms with Gasteiger partial charge in [0.25, 0.3) is 0 Å². The van der Waals surface area contributed by atoms with Crippen molar-refractivity contribution in [3.05, 3.63) is 17.7 Å². The van der Waals surface area contributed by atoms with Crippen LogP contribution in [0, 0.1) is 0 Å². The third-order valence-electron chi connectivity index (χ3n) is 3.94. The second kappa shape index (κ2) is 9.51. The lowest BCUT2D eigenvalue weighted by Gasteiger charge is -2.17. The molecular weight excluding hydrogens is 374 g/mol. The van der Waals surface area contributed by atoms with E-state index in [4.69, 9.17) is 5.11 Å². The first kappa shape index (κ1) is 20.9. The summed E-state index contributed by atoms with van der Waals surface area (Å²) in [5.74, 6) is -0.0816. The molecule has 0 saturated heterocycles. The highest BCUT2D eigenvalue weighted by molar-refractivity contribution is 7.88. The predicted octanol–water partition coefficient (Wildman–Crippen LogP) is -0.250. The van der Waals surface area contributed by atoms with Gasteiger partial charge in [0.15, 0.2) is 0 Å². The smallest absolute Gasteiger partial charge is 0.323 e. The van der Waals surface area contributed by atoms with E-state index in [2.05, 4.69) is 20.9 Å². The molecule has 1 aromatic rings. The van der Waals surface area contributed by atoms with Crippen LogP contribution in [0.1, 0.15) is 24.8 Å². The summed E-state index contributed by atoms with van der Waals surface area (Å²) in [5, 5.41) is 17.8. The lowest BCUT2D eigenvalue weighted by molar-refractivity contribution is -0.138. The maximum atomic E-state index is 11.8. The third kappa shape index (κ3) is 7.39. The highest BCUT2D eigenvalue weighted by atomic mass is 32.2. The number of aromatic nitrogens is 1. The van der Waals surface area contributed by atoms with Gasteiger partial charge in [-0.1, -0.05) is 6.07 Å². The van der Waals surface area contributed by atoms with Crippen LogP contribution in [0.3, 0.4) is 0 Å². The fourth-order valence-corrected chi connectivity index (χ4v) is 3.34. The Labute approximate surface area is 158 Å². The highest BCUT2D eigenvalue weighted by Crippen LogP contribution is 2.21. The first-order chi connectivity index (χ1) is 12.7. The van der Waals surface area contributed by atoms with E-state index in [1.807, 2.05) is 16.9 Å². The first-order valence-corrected chi connectivity index (χ1v) is 10.6. The van der Waals surface area contributed by atoms with E-state index in [1.54, 1.807) is 0 Å². The minimum absolute atomic E-state index is 0.182. The lowest BCUT2D eigenvalue weighted by atomic mass is 10.1. The molecule has 2 heterocycles. The molecule has 1 amide bonds. The van der Waals surface area contributed by atoms with Gasteiger partial charge in [-0.25, -0.2) is 13.4 Å². The van der Waals surface area contributed by atoms with E-state index in [-0.39, 0.29) is 18.9 Å². The van der Waals surface area contributed by atoms with E-state index in [0.717, 1.165) is 37.3 Å². The maximum absolute atomic E-state index is 11.8. The third-order valence-corrected chi connectivity index (χ3v) is 4.65. The summed E-state index contributed by atoms with van der Waals surface area (Å²) in [4.78, 5) is 27.3. The number of carbonyl (C=O) groups is 2. The number of hydrogen-bond donors (Lipinski definition) is 5. The van der Waals surface area contributed by atoms with Crippen LogP contribution in [0.2, 0.25) is 0 Å². The van der Waals surface area contributed by atoms with Gasteiger partial charge in [0, 0.05) is 26.1 Å². The van der Waals surface area contributed by atoms with Crippen molar-refractivity contribution in [1.82, 2.24) is 15.0 Å². The number of amides is 1. The molecule has 0 bridgehead atoms. The number of pyridine rings is 1. The number of fused-ring (bicyclic) bond motifs is 1. The fourth-order valence-electron chi connectivity index (χ4n) is 2.63. The van der Waals surface area contributed by atoms with Gasteiger partial charge < -0.3 is 21.1 Å². The Balaban J connectivity index is 1.69. The van der Waals surface area contributed by atoms with E-state index in [9.17, 15) is 18.0 Å². The van der Waals surface area contributed by atoms with Gasteiger partial charge in [0.2, 0.25) is 15.9 Å². The molecule has 0 aliphatic carbocycles. The van der Waals surface area contributed by atoms with Gasteiger partial charge in [-0.05, 0) is 30.9 Å². The number of aryl methyl sites for hydroxylation is 1. The SMILES string of the molecule is CS(=O)(=O)NC(CNC(=O)CCCNc1ccc2c(n1)NCCC2)C(=O)O. The summed E-state index contributed by atoms with van der Waals surface area (Å²) in [6.07, 6.45) is 3.68. The van der Waals surface area contributed by atoms with Crippen LogP contribution >= 0.6 is 0 Å². The number of rotatable bonds is 10. The Morgan fingerprint density at radius 3 is 2.85 bits per heavy atom. The first-order valence-electron chi connectivity index (χ1n) is 8.69. The van der Waals surface area contributed by atoms with Crippen LogP contribution in [0.5, 0.6) is 0 Å². The number of hydrogen-bond acceptors (Lipinski definition) is 7. The molecule has 11 heteroatoms. The molecule has 2 rings (SSSR count). The van der Waals surface area contributed by atoms with E-state index >= 15 is 0 Å². The normalized spacial score (nSPS) is 14.6.